The van der Waals surface area contributed by atoms with Crippen LogP contribution in [0.4, 0.5) is 0 Å². The highest BCUT2D eigenvalue weighted by Gasteiger charge is 2.34. The fraction of sp³-hybridized carbons (Fsp3) is 0.407. The van der Waals surface area contributed by atoms with Crippen molar-refractivity contribution < 1.29 is 0 Å². The maximum absolute atomic E-state index is 2.54. The Balaban J connectivity index is 1.67. The highest BCUT2D eigenvalue weighted by Crippen LogP contribution is 2.56. The van der Waals surface area contributed by atoms with Crippen LogP contribution in [-0.2, 0) is 6.16 Å². The number of rotatable bonds is 1. The lowest BCUT2D eigenvalue weighted by molar-refractivity contribution is 0.771. The van der Waals surface area contributed by atoms with E-state index in [2.05, 4.69) is 54.6 Å². The van der Waals surface area contributed by atoms with Crippen LogP contribution in [0.25, 0.3) is 23.8 Å². The predicted octanol–water partition coefficient (Wildman–Crippen LogP) is 3.98. The molecule has 28 heavy (non-hydrogen) atoms. The summed E-state index contributed by atoms with van der Waals surface area (Å²) in [4.78, 5) is 0. The Labute approximate surface area is 169 Å². The summed E-state index contributed by atoms with van der Waals surface area (Å²) in [5.74, 6) is 0.727. The van der Waals surface area contributed by atoms with Crippen LogP contribution < -0.4 is 20.9 Å². The van der Waals surface area contributed by atoms with E-state index < -0.39 is 0 Å². The maximum atomic E-state index is 2.54. The van der Waals surface area contributed by atoms with Crippen LogP contribution in [0.5, 0.6) is 0 Å². The van der Waals surface area contributed by atoms with E-state index in [1.54, 1.807) is 21.9 Å². The zero-order valence-electron chi connectivity index (χ0n) is 16.7. The van der Waals surface area contributed by atoms with Crippen molar-refractivity contribution in [3.05, 3.63) is 68.4 Å². The van der Waals surface area contributed by atoms with Gasteiger partial charge in [-0.1, -0.05) is 75.4 Å². The Hall–Kier alpha value is -1.65. The standard InChI is InChI=1S/C27H29P/c1-5-11-24-19(7-1)13-15-21-17-28(23-9-3-4-10-23)18-22-16-14-20-8-2-6-12-25(20)27(22)26(21)24/h1,5,7-8,11-14,16,21,23H,2-4,6,9-10,15,17-18H2. The minimum atomic E-state index is 0.103. The number of hydrogen-bond donors (Lipinski definition) is 0. The molecule has 2 unspecified atom stereocenters. The fourth-order valence-corrected chi connectivity index (χ4v) is 9.52. The van der Waals surface area contributed by atoms with Gasteiger partial charge in [0.25, 0.3) is 0 Å². The molecule has 6 rings (SSSR count). The molecule has 0 radical (unpaired) electrons. The lowest BCUT2D eigenvalue weighted by Gasteiger charge is -2.27. The topological polar surface area (TPSA) is 0 Å². The van der Waals surface area contributed by atoms with Crippen molar-refractivity contribution in [2.45, 2.75) is 56.8 Å². The Morgan fingerprint density at radius 3 is 2.61 bits per heavy atom. The molecule has 0 nitrogen and oxygen atoms in total. The summed E-state index contributed by atoms with van der Waals surface area (Å²) in [5.41, 5.74) is 6.02. The van der Waals surface area contributed by atoms with Gasteiger partial charge in [0.1, 0.15) is 0 Å². The molecule has 142 valence electrons. The average Bonchev–Trinajstić information content (AvgIpc) is 3.22. The third-order valence-corrected chi connectivity index (χ3v) is 10.7. The third kappa shape index (κ3) is 2.76. The van der Waals surface area contributed by atoms with Crippen LogP contribution in [0.2, 0.25) is 0 Å². The van der Waals surface area contributed by atoms with Gasteiger partial charge < -0.3 is 0 Å². The van der Waals surface area contributed by atoms with Crippen molar-refractivity contribution in [3.8, 4) is 0 Å². The number of hydrogen-bond acceptors (Lipinski definition) is 0. The molecular weight excluding hydrogens is 355 g/mol. The summed E-state index contributed by atoms with van der Waals surface area (Å²) in [6.45, 7) is 0. The highest BCUT2D eigenvalue weighted by molar-refractivity contribution is 7.57. The Morgan fingerprint density at radius 1 is 0.821 bits per heavy atom. The van der Waals surface area contributed by atoms with E-state index >= 15 is 0 Å². The summed E-state index contributed by atoms with van der Waals surface area (Å²) in [6.07, 6.45) is 19.9. The van der Waals surface area contributed by atoms with Crippen LogP contribution >= 0.6 is 7.92 Å². The first-order valence-electron chi connectivity index (χ1n) is 11.2. The smallest absolute Gasteiger partial charge is 0.00641 e. The molecule has 1 saturated carbocycles. The van der Waals surface area contributed by atoms with Crippen molar-refractivity contribution in [3.63, 3.8) is 0 Å². The first-order valence-corrected chi connectivity index (χ1v) is 13.0. The summed E-state index contributed by atoms with van der Waals surface area (Å²) >= 11 is 0. The van der Waals surface area contributed by atoms with Crippen LogP contribution in [-0.4, -0.2) is 11.8 Å². The van der Waals surface area contributed by atoms with E-state index in [0.717, 1.165) is 11.6 Å². The Bertz CT molecular complexity index is 1160. The Morgan fingerprint density at radius 2 is 1.68 bits per heavy atom. The summed E-state index contributed by atoms with van der Waals surface area (Å²) in [5, 5.41) is 6.03. The van der Waals surface area contributed by atoms with Crippen molar-refractivity contribution in [1.29, 1.82) is 0 Å². The quantitative estimate of drug-likeness (QED) is 0.653. The van der Waals surface area contributed by atoms with Gasteiger partial charge in [-0.15, -0.1) is 0 Å². The van der Waals surface area contributed by atoms with Crippen LogP contribution in [0.3, 0.4) is 0 Å². The van der Waals surface area contributed by atoms with E-state index in [9.17, 15) is 0 Å². The molecule has 0 saturated heterocycles. The van der Waals surface area contributed by atoms with E-state index in [1.807, 2.05) is 0 Å². The number of fused-ring (bicyclic) bond motifs is 6. The summed E-state index contributed by atoms with van der Waals surface area (Å²) in [7, 11) is 0.103. The van der Waals surface area contributed by atoms with Gasteiger partial charge >= 0.3 is 0 Å². The normalized spacial score (nSPS) is 25.9. The van der Waals surface area contributed by atoms with Crippen molar-refractivity contribution in [2.24, 2.45) is 5.92 Å². The van der Waals surface area contributed by atoms with Gasteiger partial charge in [-0.2, -0.15) is 0 Å². The van der Waals surface area contributed by atoms with Gasteiger partial charge in [0.05, 0.1) is 0 Å². The summed E-state index contributed by atoms with van der Waals surface area (Å²) < 4.78 is 0. The van der Waals surface area contributed by atoms with Gasteiger partial charge in [-0.3, -0.25) is 0 Å². The summed E-state index contributed by atoms with van der Waals surface area (Å²) in [6, 6.07) is 14.1. The molecule has 0 spiro atoms. The van der Waals surface area contributed by atoms with Gasteiger partial charge in [-0.25, -0.2) is 0 Å². The zero-order chi connectivity index (χ0) is 18.5. The molecule has 1 fully saturated rings. The zero-order valence-corrected chi connectivity index (χ0v) is 17.6. The first kappa shape index (κ1) is 17.2. The van der Waals surface area contributed by atoms with E-state index in [1.165, 1.54) is 72.9 Å². The molecule has 2 aromatic carbocycles. The van der Waals surface area contributed by atoms with E-state index in [0.29, 0.717) is 0 Å². The van der Waals surface area contributed by atoms with Gasteiger partial charge in [0, 0.05) is 0 Å². The Kier molecular flexibility index (Phi) is 4.31. The second kappa shape index (κ2) is 7.00. The van der Waals surface area contributed by atoms with Crippen LogP contribution in [0.1, 0.15) is 56.1 Å². The van der Waals surface area contributed by atoms with E-state index in [4.69, 9.17) is 0 Å². The van der Waals surface area contributed by atoms with Crippen molar-refractivity contribution >= 4 is 31.7 Å². The molecule has 4 aliphatic rings. The molecule has 0 aromatic heterocycles. The minimum Gasteiger partial charge on any atom is -0.0984 e. The average molecular weight is 385 g/mol. The lowest BCUT2D eigenvalue weighted by atomic mass is 9.82. The minimum absolute atomic E-state index is 0.103. The maximum Gasteiger partial charge on any atom is -0.00641 e. The van der Waals surface area contributed by atoms with E-state index in [-0.39, 0.29) is 7.92 Å². The molecule has 1 aliphatic heterocycles. The van der Waals surface area contributed by atoms with Gasteiger partial charge in [-0.05, 0) is 93.6 Å². The molecular formula is C27H29P. The molecule has 3 aliphatic carbocycles. The first-order chi connectivity index (χ1) is 13.9. The van der Waals surface area contributed by atoms with Crippen LogP contribution in [0, 0.1) is 5.92 Å². The van der Waals surface area contributed by atoms with Crippen molar-refractivity contribution in [1.82, 2.24) is 0 Å². The number of benzene rings is 2. The third-order valence-electron chi connectivity index (χ3n) is 7.47. The molecule has 0 amide bonds. The molecule has 0 bridgehead atoms. The highest BCUT2D eigenvalue weighted by atomic mass is 31.1. The molecule has 2 aromatic rings. The molecule has 1 heterocycles. The fourth-order valence-electron chi connectivity index (χ4n) is 6.14. The van der Waals surface area contributed by atoms with Gasteiger partial charge in [0.2, 0.25) is 0 Å². The SMILES string of the molecule is C1=c2ccccc2=C2c3c(ccc4c3=CCCC=4)CP(C3CCCC3)CC2C1. The molecule has 0 N–H and O–H groups in total. The molecule has 1 heteroatoms. The lowest BCUT2D eigenvalue weighted by Crippen LogP contribution is -2.38. The van der Waals surface area contributed by atoms with Gasteiger partial charge in [0.15, 0.2) is 0 Å². The monoisotopic (exact) mass is 384 g/mol. The predicted molar refractivity (Wildman–Crippen MR) is 122 cm³/mol. The second-order valence-electron chi connectivity index (χ2n) is 9.09. The van der Waals surface area contributed by atoms with Crippen molar-refractivity contribution in [2.75, 3.05) is 6.16 Å². The largest absolute Gasteiger partial charge is 0.0984 e. The second-order valence-corrected chi connectivity index (χ2v) is 11.7. The van der Waals surface area contributed by atoms with Crippen LogP contribution in [0.15, 0.2) is 36.4 Å². The molecule has 2 atom stereocenters.